The van der Waals surface area contributed by atoms with Crippen LogP contribution in [-0.4, -0.2) is 5.78 Å². The number of carbonyl (C=O) groups excluding carboxylic acids is 1. The summed E-state index contributed by atoms with van der Waals surface area (Å²) >= 11 is 7.23. The van der Waals surface area contributed by atoms with Gasteiger partial charge in [-0.15, -0.1) is 0 Å². The van der Waals surface area contributed by atoms with Crippen molar-refractivity contribution in [1.29, 1.82) is 0 Å². The second-order valence-electron chi connectivity index (χ2n) is 2.84. The Labute approximate surface area is 103 Å². The molecule has 0 fully saturated rings. The molecule has 0 bridgehead atoms. The van der Waals surface area contributed by atoms with E-state index in [9.17, 15) is 18.0 Å². The quantitative estimate of drug-likeness (QED) is 0.550. The van der Waals surface area contributed by atoms with E-state index in [2.05, 4.69) is 0 Å². The summed E-state index contributed by atoms with van der Waals surface area (Å²) in [5.74, 6) is -0.652. The first kappa shape index (κ1) is 12.8. The molecule has 0 atom stereocenters. The van der Waals surface area contributed by atoms with Crippen LogP contribution >= 0.6 is 34.2 Å². The molecular weight excluding hydrogens is 343 g/mol. The van der Waals surface area contributed by atoms with Crippen molar-refractivity contribution in [2.24, 2.45) is 0 Å². The number of benzene rings is 1. The van der Waals surface area contributed by atoms with Crippen LogP contribution in [0, 0.1) is 3.57 Å². The highest BCUT2D eigenvalue weighted by Gasteiger charge is 2.37. The maximum atomic E-state index is 12.6. The van der Waals surface area contributed by atoms with Gasteiger partial charge in [-0.1, -0.05) is 11.6 Å². The van der Waals surface area contributed by atoms with Gasteiger partial charge in [0.25, 0.3) is 0 Å². The zero-order chi connectivity index (χ0) is 11.8. The third kappa shape index (κ3) is 2.63. The molecule has 1 aromatic carbocycles. The van der Waals surface area contributed by atoms with Crippen LogP contribution in [-0.2, 0) is 6.18 Å². The number of hydrogen-bond donors (Lipinski definition) is 0. The van der Waals surface area contributed by atoms with E-state index in [1.165, 1.54) is 6.07 Å². The fourth-order valence-electron chi connectivity index (χ4n) is 1.12. The number of Topliss-reactive ketones (excluding diaryl/α,β-unsaturated/α-hetero) is 1. The second kappa shape index (κ2) is 4.29. The molecule has 0 saturated carbocycles. The Hall–Kier alpha value is -0.300. The average molecular weight is 348 g/mol. The normalized spacial score (nSPS) is 11.6. The van der Waals surface area contributed by atoms with Crippen molar-refractivity contribution in [3.8, 4) is 0 Å². The van der Waals surface area contributed by atoms with Gasteiger partial charge in [0.2, 0.25) is 0 Å². The molecule has 1 rings (SSSR count). The summed E-state index contributed by atoms with van der Waals surface area (Å²) in [6.07, 6.45) is -4.61. The summed E-state index contributed by atoms with van der Waals surface area (Å²) in [5.41, 5.74) is -1.45. The SMILES string of the molecule is CC(=O)c1ccc(I)c(Cl)c1C(F)(F)F. The highest BCUT2D eigenvalue weighted by Crippen LogP contribution is 2.39. The van der Waals surface area contributed by atoms with Crippen LogP contribution in [0.4, 0.5) is 13.2 Å². The van der Waals surface area contributed by atoms with Crippen LogP contribution in [0.5, 0.6) is 0 Å². The first-order valence-electron chi connectivity index (χ1n) is 3.81. The summed E-state index contributed by atoms with van der Waals surface area (Å²) < 4.78 is 38.1. The van der Waals surface area contributed by atoms with E-state index in [1.54, 1.807) is 22.6 Å². The Kier molecular flexibility index (Phi) is 3.65. The summed E-state index contributed by atoms with van der Waals surface area (Å²) in [6.45, 7) is 1.08. The van der Waals surface area contributed by atoms with Crippen LogP contribution in [0.3, 0.4) is 0 Å². The molecule has 1 nitrogen and oxygen atoms in total. The molecule has 0 aromatic heterocycles. The Morgan fingerprint density at radius 2 is 1.93 bits per heavy atom. The van der Waals surface area contributed by atoms with Crippen molar-refractivity contribution in [1.82, 2.24) is 0 Å². The third-order valence-corrected chi connectivity index (χ3v) is 3.37. The van der Waals surface area contributed by atoms with Crippen LogP contribution in [0.1, 0.15) is 22.8 Å². The van der Waals surface area contributed by atoms with E-state index >= 15 is 0 Å². The van der Waals surface area contributed by atoms with Crippen molar-refractivity contribution in [3.63, 3.8) is 0 Å². The van der Waals surface area contributed by atoms with E-state index in [0.29, 0.717) is 0 Å². The first-order chi connectivity index (χ1) is 6.75. The van der Waals surface area contributed by atoms with E-state index in [0.717, 1.165) is 13.0 Å². The third-order valence-electron chi connectivity index (χ3n) is 1.76. The van der Waals surface area contributed by atoms with Gasteiger partial charge in [-0.3, -0.25) is 4.79 Å². The smallest absolute Gasteiger partial charge is 0.294 e. The summed E-state index contributed by atoms with van der Waals surface area (Å²) in [7, 11) is 0. The molecule has 0 amide bonds. The van der Waals surface area contributed by atoms with E-state index < -0.39 is 28.1 Å². The zero-order valence-electron chi connectivity index (χ0n) is 7.45. The lowest BCUT2D eigenvalue weighted by Crippen LogP contribution is -2.13. The number of hydrogen-bond acceptors (Lipinski definition) is 1. The molecule has 0 aliphatic carbocycles. The van der Waals surface area contributed by atoms with E-state index in [-0.39, 0.29) is 3.57 Å². The van der Waals surface area contributed by atoms with Gasteiger partial charge in [-0.25, -0.2) is 0 Å². The van der Waals surface area contributed by atoms with Crippen molar-refractivity contribution in [3.05, 3.63) is 31.9 Å². The molecule has 1 aromatic rings. The van der Waals surface area contributed by atoms with Crippen LogP contribution in [0.2, 0.25) is 5.02 Å². The number of halogens is 5. The Morgan fingerprint density at radius 1 is 1.40 bits per heavy atom. The first-order valence-corrected chi connectivity index (χ1v) is 5.27. The maximum absolute atomic E-state index is 12.6. The van der Waals surface area contributed by atoms with Gasteiger partial charge in [0.15, 0.2) is 5.78 Å². The predicted octanol–water partition coefficient (Wildman–Crippen LogP) is 4.17. The van der Waals surface area contributed by atoms with Gasteiger partial charge in [-0.2, -0.15) is 13.2 Å². The van der Waals surface area contributed by atoms with Gasteiger partial charge in [0.05, 0.1) is 10.6 Å². The number of rotatable bonds is 1. The lowest BCUT2D eigenvalue weighted by Gasteiger charge is -2.13. The largest absolute Gasteiger partial charge is 0.418 e. The Balaban J connectivity index is 3.57. The van der Waals surface area contributed by atoms with Gasteiger partial charge in [-0.05, 0) is 41.6 Å². The van der Waals surface area contributed by atoms with Crippen LogP contribution < -0.4 is 0 Å². The van der Waals surface area contributed by atoms with Crippen LogP contribution in [0.25, 0.3) is 0 Å². The predicted molar refractivity (Wildman–Crippen MR) is 59.2 cm³/mol. The van der Waals surface area contributed by atoms with Crippen molar-refractivity contribution < 1.29 is 18.0 Å². The number of alkyl halides is 3. The van der Waals surface area contributed by atoms with Gasteiger partial charge < -0.3 is 0 Å². The minimum atomic E-state index is -4.61. The molecule has 0 radical (unpaired) electrons. The zero-order valence-corrected chi connectivity index (χ0v) is 10.4. The number of carbonyl (C=O) groups is 1. The van der Waals surface area contributed by atoms with Crippen molar-refractivity contribution in [2.45, 2.75) is 13.1 Å². The summed E-state index contributed by atoms with van der Waals surface area (Å²) in [6, 6.07) is 2.52. The Bertz CT molecular complexity index is 415. The lowest BCUT2D eigenvalue weighted by atomic mass is 10.0. The lowest BCUT2D eigenvalue weighted by molar-refractivity contribution is -0.137. The van der Waals surface area contributed by atoms with E-state index in [4.69, 9.17) is 11.6 Å². The second-order valence-corrected chi connectivity index (χ2v) is 4.38. The number of ketones is 1. The van der Waals surface area contributed by atoms with Gasteiger partial charge >= 0.3 is 6.18 Å². The van der Waals surface area contributed by atoms with E-state index in [1.807, 2.05) is 0 Å². The fourth-order valence-corrected chi connectivity index (χ4v) is 1.84. The molecule has 0 aliphatic rings. The molecule has 0 N–H and O–H groups in total. The minimum absolute atomic E-state index is 0.270. The molecule has 15 heavy (non-hydrogen) atoms. The van der Waals surface area contributed by atoms with Crippen molar-refractivity contribution in [2.75, 3.05) is 0 Å². The molecule has 6 heteroatoms. The standard InChI is InChI=1S/C9H5ClF3IO/c1-4(15)5-2-3-6(14)8(10)7(5)9(11,12)13/h2-3H,1H3. The topological polar surface area (TPSA) is 17.1 Å². The average Bonchev–Trinajstić information content (AvgIpc) is 2.06. The highest BCUT2D eigenvalue weighted by atomic mass is 127. The molecule has 0 aliphatic heterocycles. The molecular formula is C9H5ClF3IO. The van der Waals surface area contributed by atoms with Crippen molar-refractivity contribution >= 4 is 40.0 Å². The molecule has 82 valence electrons. The van der Waals surface area contributed by atoms with Crippen LogP contribution in [0.15, 0.2) is 12.1 Å². The summed E-state index contributed by atoms with van der Waals surface area (Å²) in [4.78, 5) is 11.0. The molecule has 0 saturated heterocycles. The monoisotopic (exact) mass is 348 g/mol. The van der Waals surface area contributed by atoms with Gasteiger partial charge in [0.1, 0.15) is 0 Å². The molecule has 0 unspecified atom stereocenters. The molecule has 0 spiro atoms. The highest BCUT2D eigenvalue weighted by molar-refractivity contribution is 14.1. The summed E-state index contributed by atoms with van der Waals surface area (Å²) in [5, 5.41) is -0.421. The maximum Gasteiger partial charge on any atom is 0.418 e. The minimum Gasteiger partial charge on any atom is -0.294 e. The fraction of sp³-hybridized carbons (Fsp3) is 0.222. The molecule has 0 heterocycles. The van der Waals surface area contributed by atoms with Gasteiger partial charge in [0, 0.05) is 9.13 Å². The Morgan fingerprint density at radius 3 is 2.33 bits per heavy atom.